The highest BCUT2D eigenvalue weighted by atomic mass is 31.2. The van der Waals surface area contributed by atoms with E-state index in [1.807, 2.05) is 0 Å². The molecule has 0 aliphatic heterocycles. The molecular weight excluding hydrogens is 1160 g/mol. The molecule has 0 aliphatic carbocycles. The topological polar surface area (TPSA) is 237 Å². The number of esters is 4. The molecule has 0 heterocycles. The molecule has 0 aliphatic rings. The summed E-state index contributed by atoms with van der Waals surface area (Å²) in [5, 5.41) is 10.6. The van der Waals surface area contributed by atoms with Crippen molar-refractivity contribution >= 4 is 39.5 Å². The van der Waals surface area contributed by atoms with Crippen LogP contribution in [0.4, 0.5) is 0 Å². The largest absolute Gasteiger partial charge is 0.472 e. The summed E-state index contributed by atoms with van der Waals surface area (Å²) in [6, 6.07) is 0. The van der Waals surface area contributed by atoms with E-state index >= 15 is 0 Å². The highest BCUT2D eigenvalue weighted by molar-refractivity contribution is 7.47. The first kappa shape index (κ1) is 86.1. The predicted octanol–water partition coefficient (Wildman–Crippen LogP) is 19.6. The third-order valence-corrected chi connectivity index (χ3v) is 17.9. The van der Waals surface area contributed by atoms with E-state index in [-0.39, 0.29) is 25.7 Å². The Morgan fingerprint density at radius 3 is 0.773 bits per heavy atom. The maximum atomic E-state index is 13.0. The molecular formula is C69H134O17P2. The van der Waals surface area contributed by atoms with Crippen molar-refractivity contribution in [3.05, 3.63) is 0 Å². The fourth-order valence-corrected chi connectivity index (χ4v) is 12.0. The average Bonchev–Trinajstić information content (AvgIpc) is 3.65. The molecule has 5 atom stereocenters. The van der Waals surface area contributed by atoms with E-state index in [2.05, 4.69) is 41.5 Å². The van der Waals surface area contributed by atoms with Gasteiger partial charge in [-0.15, -0.1) is 0 Å². The van der Waals surface area contributed by atoms with E-state index in [4.69, 9.17) is 37.0 Å². The molecule has 0 fully saturated rings. The van der Waals surface area contributed by atoms with Gasteiger partial charge in [-0.1, -0.05) is 298 Å². The van der Waals surface area contributed by atoms with Gasteiger partial charge in [-0.05, 0) is 37.5 Å². The van der Waals surface area contributed by atoms with Crippen molar-refractivity contribution in [1.82, 2.24) is 0 Å². The molecule has 0 saturated carbocycles. The molecule has 522 valence electrons. The maximum absolute atomic E-state index is 13.0. The number of hydrogen-bond acceptors (Lipinski definition) is 15. The molecule has 19 heteroatoms. The smallest absolute Gasteiger partial charge is 0.462 e. The minimum absolute atomic E-state index is 0.105. The molecule has 0 rings (SSSR count). The highest BCUT2D eigenvalue weighted by Gasteiger charge is 2.30. The summed E-state index contributed by atoms with van der Waals surface area (Å²) in [6.07, 6.45) is 46.0. The van der Waals surface area contributed by atoms with Crippen LogP contribution in [0.1, 0.15) is 350 Å². The zero-order valence-corrected chi connectivity index (χ0v) is 58.8. The Balaban J connectivity index is 5.20. The zero-order valence-electron chi connectivity index (χ0n) is 57.0. The molecule has 0 spiro atoms. The van der Waals surface area contributed by atoms with Crippen LogP contribution in [0.2, 0.25) is 0 Å². The fourth-order valence-electron chi connectivity index (χ4n) is 10.4. The van der Waals surface area contributed by atoms with Crippen molar-refractivity contribution < 1.29 is 80.2 Å². The Labute approximate surface area is 537 Å². The number of rotatable bonds is 68. The standard InChI is InChI=1S/C69H134O17P2/c1-7-9-11-13-15-16-17-18-19-20-21-22-23-28-35-41-47-53-68(73)86-65(58-80-67(72)52-46-40-34-29-24-26-32-37-43-49-61(3)4)60-84-88(77,78)82-56-63(70)55-81-87(75,76)83-59-64(57-79-66(71)51-45-39-31-14-12-10-8-2)85-69(74)54-48-42-36-30-25-27-33-38-44-50-62(5)6/h61-65,70H,7-60H2,1-6H3,(H,75,76)(H,77,78)/t63-,64+,65+/m0/s1. The minimum Gasteiger partial charge on any atom is -0.462 e. The van der Waals surface area contributed by atoms with Crippen LogP contribution in [0.15, 0.2) is 0 Å². The van der Waals surface area contributed by atoms with Gasteiger partial charge in [-0.3, -0.25) is 37.3 Å². The van der Waals surface area contributed by atoms with Crippen LogP contribution in [0, 0.1) is 11.8 Å². The van der Waals surface area contributed by atoms with Crippen LogP contribution in [0.3, 0.4) is 0 Å². The van der Waals surface area contributed by atoms with E-state index in [1.165, 1.54) is 154 Å². The Hall–Kier alpha value is -1.94. The van der Waals surface area contributed by atoms with Crippen LogP contribution < -0.4 is 0 Å². The summed E-state index contributed by atoms with van der Waals surface area (Å²) in [4.78, 5) is 72.4. The molecule has 0 radical (unpaired) electrons. The molecule has 0 aromatic heterocycles. The van der Waals surface area contributed by atoms with E-state index in [0.717, 1.165) is 115 Å². The Morgan fingerprint density at radius 2 is 0.523 bits per heavy atom. The summed E-state index contributed by atoms with van der Waals surface area (Å²) in [7, 11) is -9.89. The number of ether oxygens (including phenoxy) is 4. The van der Waals surface area contributed by atoms with Gasteiger partial charge in [0.05, 0.1) is 26.4 Å². The van der Waals surface area contributed by atoms with Crippen molar-refractivity contribution in [2.24, 2.45) is 11.8 Å². The van der Waals surface area contributed by atoms with E-state index in [1.54, 1.807) is 0 Å². The molecule has 17 nitrogen and oxygen atoms in total. The number of aliphatic hydroxyl groups excluding tert-OH is 1. The second-order valence-corrected chi connectivity index (χ2v) is 28.8. The van der Waals surface area contributed by atoms with E-state index in [0.29, 0.717) is 25.7 Å². The van der Waals surface area contributed by atoms with Crippen LogP contribution in [0.25, 0.3) is 0 Å². The maximum Gasteiger partial charge on any atom is 0.472 e. The highest BCUT2D eigenvalue weighted by Crippen LogP contribution is 2.45. The van der Waals surface area contributed by atoms with Crippen LogP contribution in [-0.4, -0.2) is 96.7 Å². The van der Waals surface area contributed by atoms with Gasteiger partial charge in [0.1, 0.15) is 19.3 Å². The van der Waals surface area contributed by atoms with Crippen LogP contribution in [-0.2, 0) is 65.4 Å². The lowest BCUT2D eigenvalue weighted by molar-refractivity contribution is -0.161. The average molecular weight is 1300 g/mol. The van der Waals surface area contributed by atoms with Crippen molar-refractivity contribution in [2.75, 3.05) is 39.6 Å². The first-order chi connectivity index (χ1) is 42.4. The van der Waals surface area contributed by atoms with Crippen molar-refractivity contribution in [3.8, 4) is 0 Å². The molecule has 0 aromatic rings. The lowest BCUT2D eigenvalue weighted by Gasteiger charge is -2.21. The Bertz CT molecular complexity index is 1720. The lowest BCUT2D eigenvalue weighted by atomic mass is 10.0. The Morgan fingerprint density at radius 1 is 0.307 bits per heavy atom. The van der Waals surface area contributed by atoms with E-state index in [9.17, 15) is 43.2 Å². The number of carbonyl (C=O) groups excluding carboxylic acids is 4. The van der Waals surface area contributed by atoms with Gasteiger partial charge in [-0.2, -0.15) is 0 Å². The monoisotopic (exact) mass is 1300 g/mol. The number of unbranched alkanes of at least 4 members (excludes halogenated alkanes) is 38. The second kappa shape index (κ2) is 61.3. The first-order valence-electron chi connectivity index (χ1n) is 36.0. The summed E-state index contributed by atoms with van der Waals surface area (Å²) in [6.45, 7) is 9.46. The number of phosphoric ester groups is 2. The minimum atomic E-state index is -4.95. The molecule has 0 saturated heterocycles. The molecule has 0 amide bonds. The molecule has 2 unspecified atom stereocenters. The lowest BCUT2D eigenvalue weighted by Crippen LogP contribution is -2.30. The van der Waals surface area contributed by atoms with Gasteiger partial charge >= 0.3 is 39.5 Å². The number of carbonyl (C=O) groups is 4. The molecule has 3 N–H and O–H groups in total. The van der Waals surface area contributed by atoms with Gasteiger partial charge in [0.2, 0.25) is 0 Å². The number of hydrogen-bond donors (Lipinski definition) is 3. The third-order valence-electron chi connectivity index (χ3n) is 16.0. The quantitative estimate of drug-likeness (QED) is 0.0222. The van der Waals surface area contributed by atoms with Gasteiger partial charge in [0.15, 0.2) is 12.2 Å². The van der Waals surface area contributed by atoms with Gasteiger partial charge in [0.25, 0.3) is 0 Å². The normalized spacial score (nSPS) is 14.2. The molecule has 0 bridgehead atoms. The van der Waals surface area contributed by atoms with Crippen molar-refractivity contribution in [2.45, 2.75) is 368 Å². The fraction of sp³-hybridized carbons (Fsp3) is 0.942. The van der Waals surface area contributed by atoms with Crippen molar-refractivity contribution in [3.63, 3.8) is 0 Å². The van der Waals surface area contributed by atoms with Gasteiger partial charge in [-0.25, -0.2) is 9.13 Å². The summed E-state index contributed by atoms with van der Waals surface area (Å²) in [5.41, 5.74) is 0. The summed E-state index contributed by atoms with van der Waals surface area (Å²) in [5.74, 6) is -0.650. The summed E-state index contributed by atoms with van der Waals surface area (Å²) < 4.78 is 68.1. The Kier molecular flexibility index (Phi) is 59.9. The van der Waals surface area contributed by atoms with Gasteiger partial charge in [0, 0.05) is 25.7 Å². The first-order valence-corrected chi connectivity index (χ1v) is 39.0. The predicted molar refractivity (Wildman–Crippen MR) is 354 cm³/mol. The zero-order chi connectivity index (χ0) is 65.0. The second-order valence-electron chi connectivity index (χ2n) is 25.9. The third kappa shape index (κ3) is 62.8. The van der Waals surface area contributed by atoms with Crippen molar-refractivity contribution in [1.29, 1.82) is 0 Å². The SMILES string of the molecule is CCCCCCCCCCCCCCCCCCCC(=O)O[C@H](COC(=O)CCCCCCCCCCCC(C)C)COP(=O)(O)OC[C@@H](O)COP(=O)(O)OC[C@@H](COC(=O)CCCCCCCCC)OC(=O)CCCCCCCCCCCC(C)C. The molecule has 0 aromatic carbocycles. The van der Waals surface area contributed by atoms with Crippen LogP contribution in [0.5, 0.6) is 0 Å². The van der Waals surface area contributed by atoms with Gasteiger partial charge < -0.3 is 33.8 Å². The van der Waals surface area contributed by atoms with E-state index < -0.39 is 97.5 Å². The van der Waals surface area contributed by atoms with Crippen LogP contribution >= 0.6 is 15.6 Å². The summed E-state index contributed by atoms with van der Waals surface area (Å²) >= 11 is 0. The number of aliphatic hydroxyl groups is 1. The molecule has 88 heavy (non-hydrogen) atoms. The number of phosphoric acid groups is 2.